The Morgan fingerprint density at radius 2 is 1.84 bits per heavy atom. The summed E-state index contributed by atoms with van der Waals surface area (Å²) in [5.41, 5.74) is 8.18. The lowest BCUT2D eigenvalue weighted by Crippen LogP contribution is -2.05. The Balaban J connectivity index is 2.04. The third-order valence-corrected chi connectivity index (χ3v) is 2.54. The number of benzene rings is 1. The van der Waals surface area contributed by atoms with Crippen molar-refractivity contribution in [3.05, 3.63) is 48.2 Å². The van der Waals surface area contributed by atoms with Crippen LogP contribution >= 0.6 is 0 Å². The SMILES string of the molecule is CC(=O)Nc1ccc(Nc2ccc(CN)cn2)cc1. The van der Waals surface area contributed by atoms with Gasteiger partial charge in [0.15, 0.2) is 0 Å². The van der Waals surface area contributed by atoms with Gasteiger partial charge in [-0.2, -0.15) is 0 Å². The van der Waals surface area contributed by atoms with Crippen LogP contribution in [0, 0.1) is 0 Å². The van der Waals surface area contributed by atoms with E-state index < -0.39 is 0 Å². The first-order valence-electron chi connectivity index (χ1n) is 5.97. The lowest BCUT2D eigenvalue weighted by Gasteiger charge is -2.07. The van der Waals surface area contributed by atoms with E-state index in [4.69, 9.17) is 5.73 Å². The van der Waals surface area contributed by atoms with Gasteiger partial charge in [-0.05, 0) is 35.9 Å². The number of nitrogens with zero attached hydrogens (tertiary/aromatic N) is 1. The molecule has 19 heavy (non-hydrogen) atoms. The quantitative estimate of drug-likeness (QED) is 0.783. The summed E-state index contributed by atoms with van der Waals surface area (Å²) in [6, 6.07) is 11.2. The van der Waals surface area contributed by atoms with Crippen molar-refractivity contribution in [1.82, 2.24) is 4.98 Å². The number of anilines is 3. The molecular formula is C14H16N4O. The van der Waals surface area contributed by atoms with Gasteiger partial charge in [-0.25, -0.2) is 4.98 Å². The molecule has 0 saturated heterocycles. The summed E-state index contributed by atoms with van der Waals surface area (Å²) in [5.74, 6) is 0.671. The second-order valence-electron chi connectivity index (χ2n) is 4.14. The Morgan fingerprint density at radius 1 is 1.16 bits per heavy atom. The maximum absolute atomic E-state index is 10.9. The standard InChI is InChI=1S/C14H16N4O/c1-10(19)17-12-3-5-13(6-4-12)18-14-7-2-11(8-15)9-16-14/h2-7,9H,8,15H2,1H3,(H,16,18)(H,17,19). The molecule has 0 unspecified atom stereocenters. The van der Waals surface area contributed by atoms with Crippen molar-refractivity contribution >= 4 is 23.1 Å². The summed E-state index contributed by atoms with van der Waals surface area (Å²) in [6.07, 6.45) is 1.74. The number of aromatic nitrogens is 1. The molecule has 0 bridgehead atoms. The maximum Gasteiger partial charge on any atom is 0.221 e. The molecule has 4 N–H and O–H groups in total. The molecule has 1 aromatic carbocycles. The summed E-state index contributed by atoms with van der Waals surface area (Å²) in [5, 5.41) is 5.89. The molecular weight excluding hydrogens is 240 g/mol. The van der Waals surface area contributed by atoms with Gasteiger partial charge in [-0.15, -0.1) is 0 Å². The lowest BCUT2D eigenvalue weighted by molar-refractivity contribution is -0.114. The number of carbonyl (C=O) groups is 1. The number of hydrogen-bond donors (Lipinski definition) is 3. The monoisotopic (exact) mass is 256 g/mol. The first-order valence-corrected chi connectivity index (χ1v) is 5.97. The van der Waals surface area contributed by atoms with Gasteiger partial charge < -0.3 is 16.4 Å². The summed E-state index contributed by atoms with van der Waals surface area (Å²) >= 11 is 0. The zero-order valence-corrected chi connectivity index (χ0v) is 10.7. The van der Waals surface area contributed by atoms with Crippen LogP contribution in [0.4, 0.5) is 17.2 Å². The van der Waals surface area contributed by atoms with Crippen LogP contribution in [0.15, 0.2) is 42.6 Å². The maximum atomic E-state index is 10.9. The normalized spacial score (nSPS) is 10.0. The van der Waals surface area contributed by atoms with Gasteiger partial charge in [-0.3, -0.25) is 4.79 Å². The molecule has 5 nitrogen and oxygen atoms in total. The van der Waals surface area contributed by atoms with Crippen LogP contribution in [0.5, 0.6) is 0 Å². The first kappa shape index (κ1) is 13.0. The van der Waals surface area contributed by atoms with Crippen molar-refractivity contribution in [3.8, 4) is 0 Å². The van der Waals surface area contributed by atoms with Gasteiger partial charge in [0.1, 0.15) is 5.82 Å². The van der Waals surface area contributed by atoms with Crippen molar-refractivity contribution < 1.29 is 4.79 Å². The number of rotatable bonds is 4. The van der Waals surface area contributed by atoms with E-state index in [0.29, 0.717) is 6.54 Å². The van der Waals surface area contributed by atoms with E-state index in [9.17, 15) is 4.79 Å². The summed E-state index contributed by atoms with van der Waals surface area (Å²) in [6.45, 7) is 1.97. The highest BCUT2D eigenvalue weighted by molar-refractivity contribution is 5.88. The van der Waals surface area contributed by atoms with Gasteiger partial charge in [0.05, 0.1) is 0 Å². The highest BCUT2D eigenvalue weighted by Crippen LogP contribution is 2.17. The van der Waals surface area contributed by atoms with Gasteiger partial charge in [0.25, 0.3) is 0 Å². The topological polar surface area (TPSA) is 80.0 Å². The Labute approximate surface area is 111 Å². The van der Waals surface area contributed by atoms with Gasteiger partial charge in [0, 0.05) is 31.0 Å². The molecule has 0 aliphatic heterocycles. The number of carbonyl (C=O) groups excluding carboxylic acids is 1. The second kappa shape index (κ2) is 5.97. The Morgan fingerprint density at radius 3 is 2.37 bits per heavy atom. The van der Waals surface area contributed by atoms with Crippen molar-refractivity contribution in [2.75, 3.05) is 10.6 Å². The fourth-order valence-corrected chi connectivity index (χ4v) is 1.61. The Kier molecular flexibility index (Phi) is 4.10. The minimum Gasteiger partial charge on any atom is -0.340 e. The molecule has 1 amide bonds. The predicted molar refractivity (Wildman–Crippen MR) is 76.2 cm³/mol. The molecule has 0 atom stereocenters. The minimum absolute atomic E-state index is 0.0836. The average molecular weight is 256 g/mol. The highest BCUT2D eigenvalue weighted by atomic mass is 16.1. The Hall–Kier alpha value is -2.40. The summed E-state index contributed by atoms with van der Waals surface area (Å²) in [7, 11) is 0. The summed E-state index contributed by atoms with van der Waals surface area (Å²) in [4.78, 5) is 15.2. The molecule has 0 spiro atoms. The predicted octanol–water partition coefficient (Wildman–Crippen LogP) is 2.24. The van der Waals surface area contributed by atoms with Crippen LogP contribution in [-0.2, 0) is 11.3 Å². The molecule has 2 aromatic rings. The van der Waals surface area contributed by atoms with E-state index in [1.165, 1.54) is 6.92 Å². The van der Waals surface area contributed by atoms with Crippen LogP contribution in [0.3, 0.4) is 0 Å². The van der Waals surface area contributed by atoms with Crippen LogP contribution in [0.25, 0.3) is 0 Å². The Bertz CT molecular complexity index is 549. The molecule has 0 aliphatic carbocycles. The lowest BCUT2D eigenvalue weighted by atomic mass is 10.2. The van der Waals surface area contributed by atoms with Crippen molar-refractivity contribution in [2.24, 2.45) is 5.73 Å². The van der Waals surface area contributed by atoms with Gasteiger partial charge in [0.2, 0.25) is 5.91 Å². The molecule has 5 heteroatoms. The molecule has 0 aliphatic rings. The van der Waals surface area contributed by atoms with E-state index >= 15 is 0 Å². The zero-order valence-electron chi connectivity index (χ0n) is 10.7. The number of nitrogens with one attached hydrogen (secondary N) is 2. The van der Waals surface area contributed by atoms with Crippen molar-refractivity contribution in [3.63, 3.8) is 0 Å². The highest BCUT2D eigenvalue weighted by Gasteiger charge is 1.98. The smallest absolute Gasteiger partial charge is 0.221 e. The zero-order chi connectivity index (χ0) is 13.7. The van der Waals surface area contributed by atoms with E-state index in [2.05, 4.69) is 15.6 Å². The molecule has 1 heterocycles. The number of hydrogen-bond acceptors (Lipinski definition) is 4. The molecule has 0 radical (unpaired) electrons. The average Bonchev–Trinajstić information content (AvgIpc) is 2.41. The van der Waals surface area contributed by atoms with Gasteiger partial charge in [-0.1, -0.05) is 6.07 Å². The van der Waals surface area contributed by atoms with E-state index in [1.807, 2.05) is 36.4 Å². The number of nitrogens with two attached hydrogens (primary N) is 1. The number of amides is 1. The fraction of sp³-hybridized carbons (Fsp3) is 0.143. The molecule has 1 aromatic heterocycles. The third-order valence-electron chi connectivity index (χ3n) is 2.54. The first-order chi connectivity index (χ1) is 9.17. The second-order valence-corrected chi connectivity index (χ2v) is 4.14. The van der Waals surface area contributed by atoms with Crippen LogP contribution in [0.1, 0.15) is 12.5 Å². The molecule has 0 saturated carbocycles. The largest absolute Gasteiger partial charge is 0.340 e. The third kappa shape index (κ3) is 3.79. The van der Waals surface area contributed by atoms with E-state index in [-0.39, 0.29) is 5.91 Å². The van der Waals surface area contributed by atoms with Crippen molar-refractivity contribution in [1.29, 1.82) is 0 Å². The summed E-state index contributed by atoms with van der Waals surface area (Å²) < 4.78 is 0. The van der Waals surface area contributed by atoms with Gasteiger partial charge >= 0.3 is 0 Å². The van der Waals surface area contributed by atoms with E-state index in [0.717, 1.165) is 22.8 Å². The van der Waals surface area contributed by atoms with Crippen molar-refractivity contribution in [2.45, 2.75) is 13.5 Å². The molecule has 0 fully saturated rings. The van der Waals surface area contributed by atoms with E-state index in [1.54, 1.807) is 6.20 Å². The number of pyridine rings is 1. The minimum atomic E-state index is -0.0836. The molecule has 2 rings (SSSR count). The van der Waals surface area contributed by atoms with Crippen LogP contribution < -0.4 is 16.4 Å². The molecule has 98 valence electrons. The van der Waals surface area contributed by atoms with Crippen LogP contribution in [-0.4, -0.2) is 10.9 Å². The van der Waals surface area contributed by atoms with Crippen LogP contribution in [0.2, 0.25) is 0 Å². The fourth-order valence-electron chi connectivity index (χ4n) is 1.61.